The predicted molar refractivity (Wildman–Crippen MR) is 104 cm³/mol. The summed E-state index contributed by atoms with van der Waals surface area (Å²) in [6, 6.07) is 6.61. The van der Waals surface area contributed by atoms with Crippen LogP contribution in [0.2, 0.25) is 0 Å². The first-order chi connectivity index (χ1) is 12.9. The normalized spacial score (nSPS) is 24.1. The molecule has 0 bridgehead atoms. The molecule has 7 heteroatoms. The summed E-state index contributed by atoms with van der Waals surface area (Å²) in [5.74, 6) is 1.31. The highest BCUT2D eigenvalue weighted by molar-refractivity contribution is 7.89. The van der Waals surface area contributed by atoms with Gasteiger partial charge >= 0.3 is 0 Å². The van der Waals surface area contributed by atoms with Crippen molar-refractivity contribution in [3.05, 3.63) is 35.9 Å². The number of nitrogens with zero attached hydrogens (tertiary/aromatic N) is 1. The molecule has 1 amide bonds. The molecule has 1 aromatic carbocycles. The zero-order valence-corrected chi connectivity index (χ0v) is 16.8. The van der Waals surface area contributed by atoms with Crippen molar-refractivity contribution in [1.29, 1.82) is 0 Å². The molecule has 0 aromatic heterocycles. The van der Waals surface area contributed by atoms with Gasteiger partial charge in [0.25, 0.3) is 0 Å². The van der Waals surface area contributed by atoms with Crippen LogP contribution in [0.5, 0.6) is 5.75 Å². The largest absolute Gasteiger partial charge is 0.497 e. The molecular formula is C20H28N2O4S. The lowest BCUT2D eigenvalue weighted by atomic mass is 9.87. The molecule has 1 heterocycles. The molecule has 0 radical (unpaired) electrons. The molecule has 1 aliphatic carbocycles. The lowest BCUT2D eigenvalue weighted by molar-refractivity contribution is -0.118. The Hall–Kier alpha value is -1.86. The minimum atomic E-state index is -3.57. The monoisotopic (exact) mass is 392 g/mol. The molecule has 2 aliphatic rings. The zero-order valence-electron chi connectivity index (χ0n) is 16.0. The molecule has 0 saturated heterocycles. The molecule has 148 valence electrons. The smallest absolute Gasteiger partial charge is 0.247 e. The number of hydrogen-bond acceptors (Lipinski definition) is 4. The highest BCUT2D eigenvalue weighted by Crippen LogP contribution is 2.25. The predicted octanol–water partition coefficient (Wildman–Crippen LogP) is 2.71. The van der Waals surface area contributed by atoms with Gasteiger partial charge in [0.1, 0.15) is 5.75 Å². The Morgan fingerprint density at radius 1 is 1.15 bits per heavy atom. The summed E-state index contributed by atoms with van der Waals surface area (Å²) in [4.78, 5) is 12.7. The average molecular weight is 393 g/mol. The molecule has 0 spiro atoms. The minimum Gasteiger partial charge on any atom is -0.497 e. The number of amides is 1. The van der Waals surface area contributed by atoms with Crippen molar-refractivity contribution in [3.8, 4) is 5.75 Å². The number of methoxy groups -OCH3 is 1. The number of carbonyl (C=O) groups excluding carboxylic acids is 1. The van der Waals surface area contributed by atoms with Crippen LogP contribution in [-0.2, 0) is 14.8 Å². The van der Waals surface area contributed by atoms with E-state index >= 15 is 0 Å². The van der Waals surface area contributed by atoms with Crippen LogP contribution in [0.1, 0.15) is 39.0 Å². The Morgan fingerprint density at radius 2 is 1.81 bits per heavy atom. The van der Waals surface area contributed by atoms with E-state index < -0.39 is 10.0 Å². The average Bonchev–Trinajstić information content (AvgIpc) is 2.70. The number of rotatable bonds is 5. The van der Waals surface area contributed by atoms with Crippen LogP contribution >= 0.6 is 0 Å². The van der Waals surface area contributed by atoms with Gasteiger partial charge in [-0.15, -0.1) is 0 Å². The van der Waals surface area contributed by atoms with E-state index in [2.05, 4.69) is 12.2 Å². The molecule has 27 heavy (non-hydrogen) atoms. The van der Waals surface area contributed by atoms with E-state index in [1.165, 1.54) is 4.31 Å². The maximum Gasteiger partial charge on any atom is 0.247 e. The van der Waals surface area contributed by atoms with Gasteiger partial charge in [0.05, 0.1) is 12.0 Å². The quantitative estimate of drug-likeness (QED) is 0.836. The summed E-state index contributed by atoms with van der Waals surface area (Å²) < 4.78 is 32.0. The van der Waals surface area contributed by atoms with Crippen molar-refractivity contribution >= 4 is 15.9 Å². The summed E-state index contributed by atoms with van der Waals surface area (Å²) >= 11 is 0. The van der Waals surface area contributed by atoms with Crippen molar-refractivity contribution < 1.29 is 17.9 Å². The van der Waals surface area contributed by atoms with Gasteiger partial charge in [0, 0.05) is 24.7 Å². The van der Waals surface area contributed by atoms with Crippen molar-refractivity contribution in [3.63, 3.8) is 0 Å². The lowest BCUT2D eigenvalue weighted by Gasteiger charge is -2.29. The topological polar surface area (TPSA) is 75.7 Å². The van der Waals surface area contributed by atoms with Gasteiger partial charge in [0.15, 0.2) is 0 Å². The Balaban J connectivity index is 1.60. The number of nitrogens with one attached hydrogen (secondary N) is 1. The van der Waals surface area contributed by atoms with Gasteiger partial charge in [-0.05, 0) is 62.3 Å². The van der Waals surface area contributed by atoms with E-state index in [0.29, 0.717) is 24.3 Å². The van der Waals surface area contributed by atoms with Gasteiger partial charge in [-0.3, -0.25) is 4.79 Å². The molecule has 1 aromatic rings. The van der Waals surface area contributed by atoms with E-state index in [0.717, 1.165) is 31.6 Å². The van der Waals surface area contributed by atoms with E-state index in [-0.39, 0.29) is 23.4 Å². The summed E-state index contributed by atoms with van der Waals surface area (Å²) in [5, 5.41) is 3.12. The van der Waals surface area contributed by atoms with Gasteiger partial charge in [-0.2, -0.15) is 4.31 Å². The van der Waals surface area contributed by atoms with E-state index in [1.54, 1.807) is 37.5 Å². The number of benzene rings is 1. The fourth-order valence-electron chi connectivity index (χ4n) is 3.65. The third-order valence-corrected chi connectivity index (χ3v) is 7.39. The highest BCUT2D eigenvalue weighted by atomic mass is 32.2. The summed E-state index contributed by atoms with van der Waals surface area (Å²) in [6.45, 7) is 2.79. The fraction of sp³-hybridized carbons (Fsp3) is 0.550. The maximum absolute atomic E-state index is 12.8. The van der Waals surface area contributed by atoms with Gasteiger partial charge in [-0.1, -0.05) is 13.0 Å². The summed E-state index contributed by atoms with van der Waals surface area (Å²) in [6.07, 6.45) is 6.53. The second kappa shape index (κ2) is 8.44. The Kier molecular flexibility index (Phi) is 6.22. The first-order valence-electron chi connectivity index (χ1n) is 9.54. The molecular weight excluding hydrogens is 364 g/mol. The highest BCUT2D eigenvalue weighted by Gasteiger charge is 2.28. The van der Waals surface area contributed by atoms with Crippen molar-refractivity contribution in [1.82, 2.24) is 9.62 Å². The second-order valence-electron chi connectivity index (χ2n) is 7.45. The van der Waals surface area contributed by atoms with Crippen molar-refractivity contribution in [2.75, 3.05) is 20.2 Å². The lowest BCUT2D eigenvalue weighted by Crippen LogP contribution is -2.41. The van der Waals surface area contributed by atoms with Crippen LogP contribution < -0.4 is 10.1 Å². The fourth-order valence-corrected chi connectivity index (χ4v) is 5.03. The first-order valence-corrected chi connectivity index (χ1v) is 11.0. The van der Waals surface area contributed by atoms with Gasteiger partial charge in [-0.25, -0.2) is 8.42 Å². The van der Waals surface area contributed by atoms with Crippen molar-refractivity contribution in [2.45, 2.75) is 50.0 Å². The molecule has 0 atom stereocenters. The minimum absolute atomic E-state index is 0.0453. The summed E-state index contributed by atoms with van der Waals surface area (Å²) in [5.41, 5.74) is 0.690. The van der Waals surface area contributed by atoms with Crippen LogP contribution in [0.15, 0.2) is 40.8 Å². The summed E-state index contributed by atoms with van der Waals surface area (Å²) in [7, 11) is -2.03. The van der Waals surface area contributed by atoms with Gasteiger partial charge < -0.3 is 10.1 Å². The van der Waals surface area contributed by atoms with Crippen LogP contribution in [0.3, 0.4) is 0 Å². The Labute approximate surface area is 161 Å². The van der Waals surface area contributed by atoms with Gasteiger partial charge in [0.2, 0.25) is 15.9 Å². The van der Waals surface area contributed by atoms with E-state index in [9.17, 15) is 13.2 Å². The Bertz CT molecular complexity index is 794. The van der Waals surface area contributed by atoms with E-state index in [4.69, 9.17) is 4.74 Å². The van der Waals surface area contributed by atoms with Crippen molar-refractivity contribution in [2.24, 2.45) is 5.92 Å². The zero-order chi connectivity index (χ0) is 19.4. The molecule has 3 rings (SSSR count). The SMILES string of the molecule is COc1ccc(S(=O)(=O)N2CC=C(C(=O)NC3CCC(C)CC3)CC2)cc1. The third kappa shape index (κ3) is 4.71. The maximum atomic E-state index is 12.8. The van der Waals surface area contributed by atoms with Crippen LogP contribution in [0.4, 0.5) is 0 Å². The molecule has 1 fully saturated rings. The standard InChI is InChI=1S/C20H28N2O4S/c1-15-3-5-17(6-4-15)21-20(23)16-11-13-22(14-12-16)27(24,25)19-9-7-18(26-2)8-10-19/h7-11,15,17H,3-6,12-14H2,1-2H3,(H,21,23). The third-order valence-electron chi connectivity index (χ3n) is 5.51. The van der Waals surface area contributed by atoms with Crippen LogP contribution in [0, 0.1) is 5.92 Å². The number of hydrogen-bond donors (Lipinski definition) is 1. The molecule has 6 nitrogen and oxygen atoms in total. The molecule has 1 saturated carbocycles. The first kappa shape index (κ1) is 19.9. The molecule has 0 unspecified atom stereocenters. The number of ether oxygens (including phenoxy) is 1. The molecule has 1 aliphatic heterocycles. The van der Waals surface area contributed by atoms with E-state index in [1.807, 2.05) is 0 Å². The van der Waals surface area contributed by atoms with Crippen LogP contribution in [0.25, 0.3) is 0 Å². The second-order valence-corrected chi connectivity index (χ2v) is 9.39. The van der Waals surface area contributed by atoms with Crippen LogP contribution in [-0.4, -0.2) is 44.9 Å². The molecule has 1 N–H and O–H groups in total. The Morgan fingerprint density at radius 3 is 2.37 bits per heavy atom. The number of sulfonamides is 1. The number of carbonyl (C=O) groups is 1.